The number of amides is 2. The first-order valence-corrected chi connectivity index (χ1v) is 7.99. The molecule has 0 saturated heterocycles. The summed E-state index contributed by atoms with van der Waals surface area (Å²) in [6.07, 6.45) is 0. The monoisotopic (exact) mass is 324 g/mol. The van der Waals surface area contributed by atoms with Gasteiger partial charge >= 0.3 is 11.8 Å². The van der Waals surface area contributed by atoms with Crippen LogP contribution in [0, 0.1) is 11.8 Å². The number of hydrogen-bond donors (Lipinski definition) is 1. The summed E-state index contributed by atoms with van der Waals surface area (Å²) in [5, 5.41) is 3.23. The molecule has 1 aromatic rings. The second kappa shape index (κ2) is 8.79. The predicted molar refractivity (Wildman–Crippen MR) is 89.6 cm³/mol. The standard InChI is InChI=1S/C17H25ClN2O2/c1-12(2)10-20(11-13(3)4)17(22)16(21)19-9-14-7-5-6-8-15(14)18/h5-8,12-13H,9-11H2,1-4H3,(H,19,21). The quantitative estimate of drug-likeness (QED) is 0.817. The van der Waals surface area contributed by atoms with Crippen LogP contribution in [0.2, 0.25) is 5.02 Å². The number of carbonyl (C=O) groups excluding carboxylic acids is 2. The summed E-state index contributed by atoms with van der Waals surface area (Å²) in [7, 11) is 0. The lowest BCUT2D eigenvalue weighted by Crippen LogP contribution is -2.45. The highest BCUT2D eigenvalue weighted by Crippen LogP contribution is 2.14. The molecule has 0 bridgehead atoms. The Morgan fingerprint density at radius 3 is 2.14 bits per heavy atom. The van der Waals surface area contributed by atoms with Crippen LogP contribution >= 0.6 is 11.6 Å². The van der Waals surface area contributed by atoms with Crippen molar-refractivity contribution in [1.82, 2.24) is 10.2 Å². The van der Waals surface area contributed by atoms with Crippen molar-refractivity contribution in [1.29, 1.82) is 0 Å². The molecule has 0 radical (unpaired) electrons. The maximum atomic E-state index is 12.3. The van der Waals surface area contributed by atoms with Crippen LogP contribution in [0.25, 0.3) is 0 Å². The number of hydrogen-bond acceptors (Lipinski definition) is 2. The highest BCUT2D eigenvalue weighted by Gasteiger charge is 2.23. The number of benzene rings is 1. The van der Waals surface area contributed by atoms with Crippen LogP contribution in [0.5, 0.6) is 0 Å². The summed E-state index contributed by atoms with van der Waals surface area (Å²) in [6.45, 7) is 9.53. The molecule has 122 valence electrons. The largest absolute Gasteiger partial charge is 0.344 e. The maximum absolute atomic E-state index is 12.3. The van der Waals surface area contributed by atoms with E-state index in [1.807, 2.05) is 45.9 Å². The molecule has 0 aromatic heterocycles. The summed E-state index contributed by atoms with van der Waals surface area (Å²) < 4.78 is 0. The summed E-state index contributed by atoms with van der Waals surface area (Å²) in [6, 6.07) is 7.26. The van der Waals surface area contributed by atoms with E-state index in [1.165, 1.54) is 0 Å². The zero-order chi connectivity index (χ0) is 16.7. The first-order valence-electron chi connectivity index (χ1n) is 7.61. The Kier molecular flexibility index (Phi) is 7.39. The number of nitrogens with zero attached hydrogens (tertiary/aromatic N) is 1. The molecule has 0 fully saturated rings. The van der Waals surface area contributed by atoms with Crippen molar-refractivity contribution in [3.63, 3.8) is 0 Å². The van der Waals surface area contributed by atoms with Gasteiger partial charge in [0.2, 0.25) is 0 Å². The summed E-state index contributed by atoms with van der Waals surface area (Å²) in [5.74, 6) is -0.422. The smallest absolute Gasteiger partial charge is 0.311 e. The van der Waals surface area contributed by atoms with Crippen LogP contribution in [-0.4, -0.2) is 29.8 Å². The van der Waals surface area contributed by atoms with E-state index in [0.717, 1.165) is 5.56 Å². The van der Waals surface area contributed by atoms with Gasteiger partial charge < -0.3 is 10.2 Å². The van der Waals surface area contributed by atoms with Crippen LogP contribution in [0.15, 0.2) is 24.3 Å². The van der Waals surface area contributed by atoms with E-state index in [4.69, 9.17) is 11.6 Å². The molecule has 1 aromatic carbocycles. The summed E-state index contributed by atoms with van der Waals surface area (Å²) in [5.41, 5.74) is 0.796. The molecule has 0 aliphatic rings. The third-order valence-electron chi connectivity index (χ3n) is 3.05. The van der Waals surface area contributed by atoms with E-state index in [2.05, 4.69) is 5.32 Å². The minimum atomic E-state index is -0.582. The molecule has 0 heterocycles. The molecule has 0 aliphatic heterocycles. The third-order valence-corrected chi connectivity index (χ3v) is 3.42. The number of carbonyl (C=O) groups is 2. The lowest BCUT2D eigenvalue weighted by atomic mass is 10.1. The fraction of sp³-hybridized carbons (Fsp3) is 0.529. The predicted octanol–water partition coefficient (Wildman–Crippen LogP) is 3.10. The van der Waals surface area contributed by atoms with Crippen LogP contribution in [0.3, 0.4) is 0 Å². The van der Waals surface area contributed by atoms with Gasteiger partial charge in [-0.3, -0.25) is 9.59 Å². The van der Waals surface area contributed by atoms with Crippen molar-refractivity contribution in [3.05, 3.63) is 34.9 Å². The second-order valence-electron chi connectivity index (χ2n) is 6.27. The Morgan fingerprint density at radius 2 is 1.64 bits per heavy atom. The number of nitrogens with one attached hydrogen (secondary N) is 1. The normalized spacial score (nSPS) is 10.9. The van der Waals surface area contributed by atoms with Crippen LogP contribution < -0.4 is 5.32 Å². The van der Waals surface area contributed by atoms with Gasteiger partial charge in [0, 0.05) is 24.7 Å². The zero-order valence-corrected chi connectivity index (χ0v) is 14.5. The van der Waals surface area contributed by atoms with Gasteiger partial charge in [-0.25, -0.2) is 0 Å². The molecular weight excluding hydrogens is 300 g/mol. The Balaban J connectivity index is 2.65. The van der Waals surface area contributed by atoms with Gasteiger partial charge in [0.15, 0.2) is 0 Å². The van der Waals surface area contributed by atoms with E-state index < -0.39 is 11.8 Å². The zero-order valence-electron chi connectivity index (χ0n) is 13.7. The van der Waals surface area contributed by atoms with Crippen LogP contribution in [0.1, 0.15) is 33.3 Å². The summed E-state index contributed by atoms with van der Waals surface area (Å²) >= 11 is 6.04. The molecule has 5 heteroatoms. The average molecular weight is 325 g/mol. The van der Waals surface area contributed by atoms with Crippen molar-refractivity contribution in [3.8, 4) is 0 Å². The minimum Gasteiger partial charge on any atom is -0.344 e. The van der Waals surface area contributed by atoms with Crippen molar-refractivity contribution >= 4 is 23.4 Å². The van der Waals surface area contributed by atoms with Crippen LogP contribution in [-0.2, 0) is 16.1 Å². The number of halogens is 1. The molecule has 2 amide bonds. The minimum absolute atomic E-state index is 0.251. The highest BCUT2D eigenvalue weighted by molar-refractivity contribution is 6.35. The van der Waals surface area contributed by atoms with E-state index in [9.17, 15) is 9.59 Å². The van der Waals surface area contributed by atoms with Gasteiger partial charge in [-0.2, -0.15) is 0 Å². The lowest BCUT2D eigenvalue weighted by molar-refractivity contribution is -0.146. The first kappa shape index (κ1) is 18.5. The van der Waals surface area contributed by atoms with Gasteiger partial charge in [0.1, 0.15) is 0 Å². The average Bonchev–Trinajstić information content (AvgIpc) is 2.43. The van der Waals surface area contributed by atoms with E-state index in [1.54, 1.807) is 11.0 Å². The third kappa shape index (κ3) is 6.06. The van der Waals surface area contributed by atoms with Gasteiger partial charge in [-0.1, -0.05) is 57.5 Å². The highest BCUT2D eigenvalue weighted by atomic mass is 35.5. The Labute approximate surface area is 137 Å². The molecule has 1 N–H and O–H groups in total. The summed E-state index contributed by atoms with van der Waals surface area (Å²) in [4.78, 5) is 26.0. The second-order valence-corrected chi connectivity index (χ2v) is 6.68. The Hall–Kier alpha value is -1.55. The maximum Gasteiger partial charge on any atom is 0.311 e. The molecule has 0 saturated carbocycles. The lowest BCUT2D eigenvalue weighted by Gasteiger charge is -2.25. The van der Waals surface area contributed by atoms with Gasteiger partial charge in [0.05, 0.1) is 0 Å². The fourth-order valence-corrected chi connectivity index (χ4v) is 2.36. The molecular formula is C17H25ClN2O2. The molecule has 22 heavy (non-hydrogen) atoms. The van der Waals surface area contributed by atoms with Crippen molar-refractivity contribution in [2.24, 2.45) is 11.8 Å². The first-order chi connectivity index (χ1) is 10.3. The molecule has 4 nitrogen and oxygen atoms in total. The van der Waals surface area contributed by atoms with Gasteiger partial charge in [-0.05, 0) is 23.5 Å². The Morgan fingerprint density at radius 1 is 1.09 bits per heavy atom. The van der Waals surface area contributed by atoms with E-state index in [0.29, 0.717) is 29.9 Å². The molecule has 1 rings (SSSR count). The topological polar surface area (TPSA) is 49.4 Å². The molecule has 0 spiro atoms. The van der Waals surface area contributed by atoms with E-state index >= 15 is 0 Å². The van der Waals surface area contributed by atoms with Crippen molar-refractivity contribution in [2.75, 3.05) is 13.1 Å². The van der Waals surface area contributed by atoms with Crippen molar-refractivity contribution in [2.45, 2.75) is 34.2 Å². The van der Waals surface area contributed by atoms with E-state index in [-0.39, 0.29) is 6.54 Å². The van der Waals surface area contributed by atoms with Gasteiger partial charge in [-0.15, -0.1) is 0 Å². The molecule has 0 unspecified atom stereocenters. The molecule has 0 aliphatic carbocycles. The fourth-order valence-electron chi connectivity index (χ4n) is 2.16. The Bertz CT molecular complexity index is 505. The molecule has 0 atom stereocenters. The van der Waals surface area contributed by atoms with Gasteiger partial charge in [0.25, 0.3) is 0 Å². The van der Waals surface area contributed by atoms with Crippen LogP contribution in [0.4, 0.5) is 0 Å². The van der Waals surface area contributed by atoms with Crippen molar-refractivity contribution < 1.29 is 9.59 Å². The SMILES string of the molecule is CC(C)CN(CC(C)C)C(=O)C(=O)NCc1ccccc1Cl. The number of rotatable bonds is 6.